The number of rotatable bonds is 24. The minimum Gasteiger partial charge on any atom is -0.437 e. The first-order valence-electron chi connectivity index (χ1n) is 28.9. The summed E-state index contributed by atoms with van der Waals surface area (Å²) in [5.41, 5.74) is 0.179. The van der Waals surface area contributed by atoms with E-state index < -0.39 is 47.3 Å². The van der Waals surface area contributed by atoms with Crippen LogP contribution in [0.15, 0.2) is 328 Å². The van der Waals surface area contributed by atoms with Gasteiger partial charge in [-0.05, 0) is 182 Å². The van der Waals surface area contributed by atoms with Crippen molar-refractivity contribution in [3.63, 3.8) is 0 Å². The van der Waals surface area contributed by atoms with Crippen LogP contribution in [0.25, 0.3) is 0 Å². The zero-order valence-electron chi connectivity index (χ0n) is 48.8. The Bertz CT molecular complexity index is 4180. The van der Waals surface area contributed by atoms with Gasteiger partial charge in [0.15, 0.2) is 17.3 Å². The monoisotopic (exact) mass is 1290 g/mol. The largest absolute Gasteiger partial charge is 0.647 e. The molecule has 0 aliphatic carbocycles. The molecule has 0 saturated carbocycles. The van der Waals surface area contributed by atoms with Gasteiger partial charge in [-0.15, -0.1) is 0 Å². The Morgan fingerprint density at radius 3 is 0.598 bits per heavy atom. The molecule has 12 aromatic carbocycles. The molecule has 0 atom stereocenters. The number of para-hydroxylation sites is 3. The molecule has 0 aromatic heterocycles. The van der Waals surface area contributed by atoms with Crippen molar-refractivity contribution in [2.45, 2.75) is 0 Å². The fraction of sp³-hybridized carbons (Fsp3) is 0. The highest BCUT2D eigenvalue weighted by Gasteiger charge is 2.39. The van der Waals surface area contributed by atoms with E-state index in [0.717, 1.165) is 0 Å². The Hall–Kier alpha value is -10.6. The van der Waals surface area contributed by atoms with E-state index in [4.69, 9.17) is 27.1 Å². The summed E-state index contributed by atoms with van der Waals surface area (Å²) in [7, 11) is -16.3. The molecule has 0 aliphatic rings. The van der Waals surface area contributed by atoms with E-state index in [1.807, 2.05) is 36.4 Å². The summed E-state index contributed by atoms with van der Waals surface area (Å²) in [6, 6.07) is 89.0. The zero-order valence-corrected chi connectivity index (χ0v) is 52.4. The normalized spacial score (nSPS) is 11.6. The van der Waals surface area contributed by atoms with Gasteiger partial charge in [-0.2, -0.15) is 4.57 Å². The van der Waals surface area contributed by atoms with E-state index in [1.54, 1.807) is 182 Å². The van der Waals surface area contributed by atoms with Gasteiger partial charge in [0.2, 0.25) is 0 Å². The Labute approximate surface area is 531 Å². The number of benzene rings is 12. The second-order valence-corrected chi connectivity index (χ2v) is 29.1. The van der Waals surface area contributed by atoms with Crippen molar-refractivity contribution in [1.29, 1.82) is 0 Å². The average molecular weight is 1290 g/mol. The molecule has 0 spiro atoms. The molecule has 92 heavy (non-hydrogen) atoms. The van der Waals surface area contributed by atoms with Crippen LogP contribution in [0.3, 0.4) is 0 Å². The Morgan fingerprint density at radius 1 is 0.207 bits per heavy atom. The number of carbonyl (C=O) groups excluding carboxylic acids is 3. The molecule has 0 N–H and O–H groups in total. The number of phosphoric acid groups is 1. The van der Waals surface area contributed by atoms with Crippen molar-refractivity contribution in [2.75, 3.05) is 0 Å². The second-order valence-electron chi connectivity index (χ2n) is 20.7. The summed E-state index contributed by atoms with van der Waals surface area (Å²) >= 11 is 0. The van der Waals surface area contributed by atoms with E-state index in [0.29, 0.717) is 31.8 Å². The van der Waals surface area contributed by atoms with Crippen LogP contribution in [-0.4, -0.2) is 17.3 Å². The molecule has 0 unspecified atom stereocenters. The van der Waals surface area contributed by atoms with Crippen molar-refractivity contribution < 1.29 is 59.8 Å². The molecular weight excluding hydrogens is 1230 g/mol. The van der Waals surface area contributed by atoms with Gasteiger partial charge in [-0.1, -0.05) is 146 Å². The van der Waals surface area contributed by atoms with Crippen LogP contribution in [-0.2, 0) is 18.3 Å². The first-order valence-corrected chi connectivity index (χ1v) is 35.2. The molecule has 452 valence electrons. The molecule has 0 saturated heterocycles. The van der Waals surface area contributed by atoms with Crippen molar-refractivity contribution >= 4 is 79.1 Å². The third kappa shape index (κ3) is 13.5. The fourth-order valence-corrected chi connectivity index (χ4v) is 17.5. The third-order valence-electron chi connectivity index (χ3n) is 14.7. The summed E-state index contributed by atoms with van der Waals surface area (Å²) in [4.78, 5) is 44.1. The first-order chi connectivity index (χ1) is 44.8. The SMILES string of the molecule is O=C(c1ccc(OP(=O)(c2ccccc2)c2ccccc2)cc1)c1ccccc1OP(=O)(Oc1ccccc1C(=O)c1ccc(OP(=O)(c2ccccc2)c2ccccc2)cc1)Oc1ccccc1C(=O)c1ccc(OP(=O)(c2ccccc2)c2ccccc2)cc1. The number of carbonyl (C=O) groups is 3. The lowest BCUT2D eigenvalue weighted by Gasteiger charge is -2.23. The molecule has 0 fully saturated rings. The van der Waals surface area contributed by atoms with Crippen LogP contribution in [0.4, 0.5) is 0 Å². The lowest BCUT2D eigenvalue weighted by molar-refractivity contribution is 0.103. The lowest BCUT2D eigenvalue weighted by atomic mass is 10.0. The lowest BCUT2D eigenvalue weighted by Crippen LogP contribution is -2.20. The maximum absolute atomic E-state index is 16.0. The molecule has 0 bridgehead atoms. The van der Waals surface area contributed by atoms with Crippen molar-refractivity contribution in [3.05, 3.63) is 361 Å². The predicted molar refractivity (Wildman–Crippen MR) is 360 cm³/mol. The smallest absolute Gasteiger partial charge is 0.437 e. The second kappa shape index (κ2) is 27.2. The molecule has 0 heterocycles. The Kier molecular flexibility index (Phi) is 18.2. The van der Waals surface area contributed by atoms with Crippen molar-refractivity contribution in [3.8, 4) is 34.5 Å². The minimum atomic E-state index is -5.24. The van der Waals surface area contributed by atoms with Gasteiger partial charge >= 0.3 is 29.9 Å². The Balaban J connectivity index is 0.860. The summed E-state index contributed by atoms with van der Waals surface area (Å²) in [5.74, 6) is -1.89. The van der Waals surface area contributed by atoms with Gasteiger partial charge in [0.25, 0.3) is 0 Å². The molecule has 0 radical (unpaired) electrons. The highest BCUT2D eigenvalue weighted by atomic mass is 31.2. The molecule has 12 aromatic rings. The van der Waals surface area contributed by atoms with Crippen molar-refractivity contribution in [2.24, 2.45) is 0 Å². The highest BCUT2D eigenvalue weighted by Crippen LogP contribution is 2.53. The van der Waals surface area contributed by atoms with E-state index >= 15 is 4.57 Å². The standard InChI is InChI=1S/C75H54O13P4/c76-73(55-43-49-58(50-44-55)83-89(79,61-25-7-1-8-26-61)62-27-9-2-10-28-62)67-37-19-22-40-70(67)86-92(82,87-71-41-23-20-38-68(71)74(77)56-45-51-59(52-46-56)84-90(80,63-29-11-3-12-30-63)64-31-13-4-14-32-64)88-72-42-24-21-39-69(72)75(78)57-47-53-60(54-48-57)85-91(81,65-33-15-5-16-34-65)66-35-17-6-18-36-66/h1-54H. The van der Waals surface area contributed by atoms with E-state index in [9.17, 15) is 28.1 Å². The summed E-state index contributed by atoms with van der Waals surface area (Å²) < 4.78 is 98.2. The summed E-state index contributed by atoms with van der Waals surface area (Å²) in [6.45, 7) is 0. The maximum Gasteiger partial charge on any atom is 0.647 e. The molecule has 12 rings (SSSR count). The van der Waals surface area contributed by atoms with Crippen LogP contribution in [0.5, 0.6) is 34.5 Å². The summed E-state index contributed by atoms with van der Waals surface area (Å²) in [5, 5.41) is 2.83. The van der Waals surface area contributed by atoms with Gasteiger partial charge < -0.3 is 27.1 Å². The van der Waals surface area contributed by atoms with Gasteiger partial charge in [-0.3, -0.25) is 28.1 Å². The molecule has 0 amide bonds. The molecule has 17 heteroatoms. The van der Waals surface area contributed by atoms with E-state index in [2.05, 4.69) is 0 Å². The van der Waals surface area contributed by atoms with E-state index in [-0.39, 0.29) is 67.9 Å². The Morgan fingerprint density at radius 2 is 0.391 bits per heavy atom. The third-order valence-corrected chi connectivity index (χ3v) is 23.2. The van der Waals surface area contributed by atoms with Crippen LogP contribution >= 0.6 is 29.9 Å². The van der Waals surface area contributed by atoms with Gasteiger partial charge in [0.1, 0.15) is 34.5 Å². The first kappa shape index (κ1) is 61.6. The number of hydrogen-bond acceptors (Lipinski definition) is 13. The van der Waals surface area contributed by atoms with Gasteiger partial charge in [-0.25, -0.2) is 0 Å². The van der Waals surface area contributed by atoms with E-state index in [1.165, 1.54) is 109 Å². The minimum absolute atomic E-state index is 0.0840. The quantitative estimate of drug-likeness (QED) is 0.0413. The number of hydrogen-bond donors (Lipinski definition) is 0. The average Bonchev–Trinajstić information content (AvgIpc) is 0.894. The van der Waals surface area contributed by atoms with Gasteiger partial charge in [0, 0.05) is 16.7 Å². The zero-order chi connectivity index (χ0) is 63.6. The molecule has 13 nitrogen and oxygen atoms in total. The molecular formula is C75H54O13P4. The predicted octanol–water partition coefficient (Wildman–Crippen LogP) is 15.9. The van der Waals surface area contributed by atoms with Crippen LogP contribution < -0.4 is 59.0 Å². The van der Waals surface area contributed by atoms with Crippen LogP contribution in [0, 0.1) is 0 Å². The van der Waals surface area contributed by atoms with Crippen LogP contribution in [0.1, 0.15) is 47.8 Å². The van der Waals surface area contributed by atoms with Crippen LogP contribution in [0.2, 0.25) is 0 Å². The molecule has 0 aliphatic heterocycles. The fourth-order valence-electron chi connectivity index (χ4n) is 10.0. The summed E-state index contributed by atoms with van der Waals surface area (Å²) in [6.07, 6.45) is 0. The number of phosphoric ester groups is 1. The number of ketones is 3. The highest BCUT2D eigenvalue weighted by molar-refractivity contribution is 7.75. The maximum atomic E-state index is 16.0. The van der Waals surface area contributed by atoms with Gasteiger partial charge in [0.05, 0.1) is 48.5 Å². The topological polar surface area (TPSA) is 175 Å². The van der Waals surface area contributed by atoms with Crippen molar-refractivity contribution in [1.82, 2.24) is 0 Å².